The Hall–Kier alpha value is -1.17. The lowest BCUT2D eigenvalue weighted by molar-refractivity contribution is -0.177. The van der Waals surface area contributed by atoms with Gasteiger partial charge in [-0.25, -0.2) is 4.98 Å². The lowest BCUT2D eigenvalue weighted by Crippen LogP contribution is -2.40. The summed E-state index contributed by atoms with van der Waals surface area (Å²) in [5.41, 5.74) is 1.40. The van der Waals surface area contributed by atoms with Gasteiger partial charge in [-0.15, -0.1) is 0 Å². The van der Waals surface area contributed by atoms with Gasteiger partial charge in [0.15, 0.2) is 6.29 Å². The number of anilines is 1. The van der Waals surface area contributed by atoms with E-state index in [1.807, 2.05) is 0 Å². The minimum Gasteiger partial charge on any atom is -0.357 e. The molecule has 1 aromatic rings. The van der Waals surface area contributed by atoms with Crippen LogP contribution in [0.4, 0.5) is 5.82 Å². The Morgan fingerprint density at radius 1 is 1.00 bits per heavy atom. The molecule has 5 heteroatoms. The van der Waals surface area contributed by atoms with E-state index in [-0.39, 0.29) is 6.29 Å². The van der Waals surface area contributed by atoms with E-state index in [1.54, 1.807) is 0 Å². The first kappa shape index (κ1) is 22.5. The summed E-state index contributed by atoms with van der Waals surface area (Å²) in [4.78, 5) is 7.24. The first-order valence-corrected chi connectivity index (χ1v) is 12.0. The monoisotopic (exact) mass is 403 g/mol. The van der Waals surface area contributed by atoms with Crippen LogP contribution < -0.4 is 10.2 Å². The molecule has 0 aromatic carbocycles. The lowest BCUT2D eigenvalue weighted by atomic mass is 9.91. The molecular formula is C24H41N3O2. The predicted octanol–water partition coefficient (Wildman–Crippen LogP) is 4.72. The number of ether oxygens (including phenoxy) is 2. The molecule has 3 rings (SSSR count). The molecular weight excluding hydrogens is 362 g/mol. The van der Waals surface area contributed by atoms with Crippen LogP contribution in [0.25, 0.3) is 0 Å². The maximum Gasteiger partial charge on any atom is 0.160 e. The zero-order chi connectivity index (χ0) is 20.3. The second-order valence-electron chi connectivity index (χ2n) is 8.62. The third kappa shape index (κ3) is 6.94. The molecule has 0 amide bonds. The average Bonchev–Trinajstić information content (AvgIpc) is 2.79. The van der Waals surface area contributed by atoms with Gasteiger partial charge < -0.3 is 19.7 Å². The van der Waals surface area contributed by atoms with Crippen LogP contribution in [-0.4, -0.2) is 50.7 Å². The zero-order valence-corrected chi connectivity index (χ0v) is 18.6. The van der Waals surface area contributed by atoms with Gasteiger partial charge in [0.2, 0.25) is 0 Å². The predicted molar refractivity (Wildman–Crippen MR) is 120 cm³/mol. The molecule has 0 spiro atoms. The molecule has 0 radical (unpaired) electrons. The maximum atomic E-state index is 6.13. The van der Waals surface area contributed by atoms with E-state index in [2.05, 4.69) is 42.4 Å². The zero-order valence-electron chi connectivity index (χ0n) is 18.6. The van der Waals surface area contributed by atoms with Crippen LogP contribution >= 0.6 is 0 Å². The fourth-order valence-corrected chi connectivity index (χ4v) is 4.39. The third-order valence-electron chi connectivity index (χ3n) is 6.39. The highest BCUT2D eigenvalue weighted by Gasteiger charge is 2.28. The fraction of sp³-hybridized carbons (Fsp3) is 0.792. The summed E-state index contributed by atoms with van der Waals surface area (Å²) in [6.45, 7) is 10.4. The summed E-state index contributed by atoms with van der Waals surface area (Å²) in [5.74, 6) is 2.29. The molecule has 29 heavy (non-hydrogen) atoms. The van der Waals surface area contributed by atoms with Crippen molar-refractivity contribution in [2.24, 2.45) is 5.92 Å². The molecule has 0 bridgehead atoms. The Kier molecular flexibility index (Phi) is 9.71. The average molecular weight is 404 g/mol. The number of nitrogens with zero attached hydrogens (tertiary/aromatic N) is 2. The molecule has 164 valence electrons. The Balaban J connectivity index is 1.49. The van der Waals surface area contributed by atoms with Crippen molar-refractivity contribution < 1.29 is 9.47 Å². The number of pyridine rings is 1. The van der Waals surface area contributed by atoms with E-state index in [0.29, 0.717) is 11.8 Å². The van der Waals surface area contributed by atoms with Gasteiger partial charge in [-0.3, -0.25) is 0 Å². The van der Waals surface area contributed by atoms with Gasteiger partial charge >= 0.3 is 0 Å². The van der Waals surface area contributed by atoms with Crippen LogP contribution in [0, 0.1) is 5.92 Å². The number of aromatic nitrogens is 1. The fourth-order valence-electron chi connectivity index (χ4n) is 4.39. The van der Waals surface area contributed by atoms with Crippen molar-refractivity contribution in [1.82, 2.24) is 10.3 Å². The standard InChI is InChI=1S/C24H41N3O2/c1-3-5-17-28-24(29-18-6-4-2)21-11-15-27(16-12-21)23-8-7-22(19-26-23)20-9-13-25-14-10-20/h7-8,19-21,24-25H,3-6,9-18H2,1-2H3. The second kappa shape index (κ2) is 12.5. The molecule has 1 aromatic heterocycles. The third-order valence-corrected chi connectivity index (χ3v) is 6.39. The second-order valence-corrected chi connectivity index (χ2v) is 8.62. The van der Waals surface area contributed by atoms with Gasteiger partial charge in [-0.05, 0) is 69.2 Å². The van der Waals surface area contributed by atoms with E-state index in [9.17, 15) is 0 Å². The topological polar surface area (TPSA) is 46.6 Å². The number of rotatable bonds is 11. The van der Waals surface area contributed by atoms with Crippen molar-refractivity contribution in [2.75, 3.05) is 44.3 Å². The van der Waals surface area contributed by atoms with Crippen LogP contribution in [0.2, 0.25) is 0 Å². The Labute approximate surface area is 177 Å². The normalized spacial score (nSPS) is 19.2. The quantitative estimate of drug-likeness (QED) is 0.428. The molecule has 2 saturated heterocycles. The largest absolute Gasteiger partial charge is 0.357 e. The van der Waals surface area contributed by atoms with Crippen LogP contribution in [0.1, 0.15) is 76.7 Å². The van der Waals surface area contributed by atoms with Gasteiger partial charge in [0.05, 0.1) is 0 Å². The number of piperidine rings is 2. The molecule has 0 atom stereocenters. The lowest BCUT2D eigenvalue weighted by Gasteiger charge is -2.36. The number of hydrogen-bond donors (Lipinski definition) is 1. The van der Waals surface area contributed by atoms with Gasteiger partial charge in [-0.2, -0.15) is 0 Å². The van der Waals surface area contributed by atoms with Crippen molar-refractivity contribution in [1.29, 1.82) is 0 Å². The summed E-state index contributed by atoms with van der Waals surface area (Å²) in [5, 5.41) is 3.44. The van der Waals surface area contributed by atoms with E-state index in [0.717, 1.165) is 70.9 Å². The van der Waals surface area contributed by atoms with Gasteiger partial charge in [-0.1, -0.05) is 32.8 Å². The first-order chi connectivity index (χ1) is 14.3. The van der Waals surface area contributed by atoms with E-state index in [4.69, 9.17) is 14.5 Å². The van der Waals surface area contributed by atoms with Gasteiger partial charge in [0, 0.05) is 38.4 Å². The number of unbranched alkanes of at least 4 members (excludes halogenated alkanes) is 2. The summed E-state index contributed by atoms with van der Waals surface area (Å²) in [6.07, 6.45) is 11.3. The summed E-state index contributed by atoms with van der Waals surface area (Å²) >= 11 is 0. The van der Waals surface area contributed by atoms with Crippen LogP contribution in [0.5, 0.6) is 0 Å². The van der Waals surface area contributed by atoms with Crippen LogP contribution in [-0.2, 0) is 9.47 Å². The first-order valence-electron chi connectivity index (χ1n) is 12.0. The molecule has 5 nitrogen and oxygen atoms in total. The molecule has 1 N–H and O–H groups in total. The molecule has 2 aliphatic heterocycles. The Bertz CT molecular complexity index is 542. The minimum atomic E-state index is -0.0366. The van der Waals surface area contributed by atoms with Crippen molar-refractivity contribution in [3.63, 3.8) is 0 Å². The highest BCUT2D eigenvalue weighted by molar-refractivity contribution is 5.40. The Morgan fingerprint density at radius 3 is 2.21 bits per heavy atom. The molecule has 0 unspecified atom stereocenters. The molecule has 0 aliphatic carbocycles. The summed E-state index contributed by atoms with van der Waals surface area (Å²) in [6, 6.07) is 4.53. The van der Waals surface area contributed by atoms with E-state index >= 15 is 0 Å². The highest BCUT2D eigenvalue weighted by Crippen LogP contribution is 2.29. The molecule has 3 heterocycles. The van der Waals surface area contributed by atoms with Crippen molar-refractivity contribution in [3.05, 3.63) is 23.9 Å². The molecule has 0 saturated carbocycles. The number of hydrogen-bond acceptors (Lipinski definition) is 5. The minimum absolute atomic E-state index is 0.0366. The SMILES string of the molecule is CCCCOC(OCCCC)C1CCN(c2ccc(C3CCNCC3)cn2)CC1. The van der Waals surface area contributed by atoms with Crippen LogP contribution in [0.15, 0.2) is 18.3 Å². The van der Waals surface area contributed by atoms with Crippen LogP contribution in [0.3, 0.4) is 0 Å². The maximum absolute atomic E-state index is 6.13. The van der Waals surface area contributed by atoms with Crippen molar-refractivity contribution in [3.8, 4) is 0 Å². The smallest absolute Gasteiger partial charge is 0.160 e. The van der Waals surface area contributed by atoms with Crippen molar-refractivity contribution in [2.45, 2.75) is 77.4 Å². The Morgan fingerprint density at radius 2 is 1.66 bits per heavy atom. The number of nitrogens with one attached hydrogen (secondary N) is 1. The molecule has 2 fully saturated rings. The van der Waals surface area contributed by atoms with Gasteiger partial charge in [0.1, 0.15) is 5.82 Å². The van der Waals surface area contributed by atoms with Gasteiger partial charge in [0.25, 0.3) is 0 Å². The van der Waals surface area contributed by atoms with E-state index < -0.39 is 0 Å². The van der Waals surface area contributed by atoms with E-state index in [1.165, 1.54) is 31.2 Å². The summed E-state index contributed by atoms with van der Waals surface area (Å²) in [7, 11) is 0. The molecule has 2 aliphatic rings. The highest BCUT2D eigenvalue weighted by atomic mass is 16.7. The van der Waals surface area contributed by atoms with Crippen molar-refractivity contribution >= 4 is 5.82 Å². The summed E-state index contributed by atoms with van der Waals surface area (Å²) < 4.78 is 12.3.